The van der Waals surface area contributed by atoms with Gasteiger partial charge in [0, 0.05) is 5.69 Å². The second-order valence-electron chi connectivity index (χ2n) is 5.64. The number of hydrogen-bond acceptors (Lipinski definition) is 3. The molecule has 5 heteroatoms. The molecule has 1 amide bonds. The number of nitrogens with zero attached hydrogens (tertiary/aromatic N) is 2. The SMILES string of the molecule is Cc1ccc(NC(=O)Cn2c(C(C)O)nc3ccccc32)cc1. The minimum atomic E-state index is -0.741. The van der Waals surface area contributed by atoms with Crippen molar-refractivity contribution >= 4 is 22.6 Å². The molecule has 118 valence electrons. The van der Waals surface area contributed by atoms with Crippen LogP contribution in [0, 0.1) is 6.92 Å². The van der Waals surface area contributed by atoms with Gasteiger partial charge in [-0.1, -0.05) is 29.8 Å². The molecule has 1 aromatic heterocycles. The average molecular weight is 309 g/mol. The molecule has 3 rings (SSSR count). The molecular weight excluding hydrogens is 290 g/mol. The molecular formula is C18H19N3O2. The van der Waals surface area contributed by atoms with Crippen LogP contribution in [0.4, 0.5) is 5.69 Å². The summed E-state index contributed by atoms with van der Waals surface area (Å²) in [5, 5.41) is 12.8. The van der Waals surface area contributed by atoms with E-state index >= 15 is 0 Å². The van der Waals surface area contributed by atoms with Crippen molar-refractivity contribution < 1.29 is 9.90 Å². The molecule has 3 aromatic rings. The van der Waals surface area contributed by atoms with E-state index < -0.39 is 6.10 Å². The van der Waals surface area contributed by atoms with E-state index in [-0.39, 0.29) is 12.5 Å². The van der Waals surface area contributed by atoms with E-state index in [2.05, 4.69) is 10.3 Å². The van der Waals surface area contributed by atoms with Crippen LogP contribution in [-0.4, -0.2) is 20.6 Å². The summed E-state index contributed by atoms with van der Waals surface area (Å²) in [6, 6.07) is 15.2. The third kappa shape index (κ3) is 3.24. The minimum absolute atomic E-state index is 0.106. The van der Waals surface area contributed by atoms with Crippen molar-refractivity contribution in [1.82, 2.24) is 9.55 Å². The number of anilines is 1. The first-order valence-corrected chi connectivity index (χ1v) is 7.54. The first-order valence-electron chi connectivity index (χ1n) is 7.54. The highest BCUT2D eigenvalue weighted by Gasteiger charge is 2.16. The smallest absolute Gasteiger partial charge is 0.244 e. The lowest BCUT2D eigenvalue weighted by Crippen LogP contribution is -2.20. The monoisotopic (exact) mass is 309 g/mol. The number of hydrogen-bond donors (Lipinski definition) is 2. The average Bonchev–Trinajstić information content (AvgIpc) is 2.89. The summed E-state index contributed by atoms with van der Waals surface area (Å²) in [5.74, 6) is 0.337. The van der Waals surface area contributed by atoms with Crippen molar-refractivity contribution in [1.29, 1.82) is 0 Å². The summed E-state index contributed by atoms with van der Waals surface area (Å²) in [6.45, 7) is 3.75. The van der Waals surface area contributed by atoms with Crippen LogP contribution in [0.2, 0.25) is 0 Å². The maximum Gasteiger partial charge on any atom is 0.244 e. The van der Waals surface area contributed by atoms with Gasteiger partial charge in [-0.3, -0.25) is 4.79 Å². The maximum atomic E-state index is 12.3. The Morgan fingerprint density at radius 3 is 2.61 bits per heavy atom. The van der Waals surface area contributed by atoms with E-state index in [1.165, 1.54) is 0 Å². The zero-order valence-electron chi connectivity index (χ0n) is 13.2. The number of carbonyl (C=O) groups is 1. The molecule has 23 heavy (non-hydrogen) atoms. The number of aryl methyl sites for hydroxylation is 1. The fraction of sp³-hybridized carbons (Fsp3) is 0.222. The molecule has 1 heterocycles. The second-order valence-corrected chi connectivity index (χ2v) is 5.64. The molecule has 0 aliphatic carbocycles. The predicted molar refractivity (Wildman–Crippen MR) is 90.2 cm³/mol. The number of aliphatic hydroxyl groups is 1. The number of benzene rings is 2. The molecule has 5 nitrogen and oxygen atoms in total. The highest BCUT2D eigenvalue weighted by Crippen LogP contribution is 2.20. The molecule has 0 fully saturated rings. The Morgan fingerprint density at radius 2 is 1.91 bits per heavy atom. The van der Waals surface area contributed by atoms with Crippen LogP contribution < -0.4 is 5.32 Å². The van der Waals surface area contributed by atoms with Crippen molar-refractivity contribution in [3.8, 4) is 0 Å². The number of fused-ring (bicyclic) bond motifs is 1. The van der Waals surface area contributed by atoms with E-state index in [1.54, 1.807) is 11.5 Å². The van der Waals surface area contributed by atoms with Gasteiger partial charge in [0.15, 0.2) is 0 Å². The van der Waals surface area contributed by atoms with Crippen LogP contribution in [-0.2, 0) is 11.3 Å². The van der Waals surface area contributed by atoms with Gasteiger partial charge >= 0.3 is 0 Å². The Balaban J connectivity index is 1.86. The molecule has 0 saturated carbocycles. The molecule has 0 aliphatic heterocycles. The zero-order chi connectivity index (χ0) is 16.4. The van der Waals surface area contributed by atoms with E-state index in [0.717, 1.165) is 22.3 Å². The number of rotatable bonds is 4. The minimum Gasteiger partial charge on any atom is -0.385 e. The molecule has 1 atom stereocenters. The summed E-state index contributed by atoms with van der Waals surface area (Å²) >= 11 is 0. The fourth-order valence-electron chi connectivity index (χ4n) is 2.56. The number of aliphatic hydroxyl groups excluding tert-OH is 1. The van der Waals surface area contributed by atoms with Crippen LogP contribution in [0.3, 0.4) is 0 Å². The predicted octanol–water partition coefficient (Wildman–Crippen LogP) is 3.04. The Morgan fingerprint density at radius 1 is 1.22 bits per heavy atom. The highest BCUT2D eigenvalue weighted by molar-refractivity contribution is 5.91. The lowest BCUT2D eigenvalue weighted by atomic mass is 10.2. The Kier molecular flexibility index (Phi) is 4.12. The first-order chi connectivity index (χ1) is 11.0. The van der Waals surface area contributed by atoms with Crippen molar-refractivity contribution in [2.45, 2.75) is 26.5 Å². The molecule has 2 aromatic carbocycles. The van der Waals surface area contributed by atoms with Crippen molar-refractivity contribution in [3.63, 3.8) is 0 Å². The normalized spacial score (nSPS) is 12.3. The third-order valence-corrected chi connectivity index (χ3v) is 3.69. The van der Waals surface area contributed by atoms with Gasteiger partial charge in [-0.05, 0) is 38.1 Å². The largest absolute Gasteiger partial charge is 0.385 e. The molecule has 0 aliphatic rings. The van der Waals surface area contributed by atoms with Gasteiger partial charge in [0.25, 0.3) is 0 Å². The van der Waals surface area contributed by atoms with Gasteiger partial charge in [0.2, 0.25) is 5.91 Å². The standard InChI is InChI=1S/C18H19N3O2/c1-12-7-9-14(10-8-12)19-17(23)11-21-16-6-4-3-5-15(16)20-18(21)13(2)22/h3-10,13,22H,11H2,1-2H3,(H,19,23). The summed E-state index contributed by atoms with van der Waals surface area (Å²) < 4.78 is 1.75. The summed E-state index contributed by atoms with van der Waals surface area (Å²) in [7, 11) is 0. The molecule has 0 spiro atoms. The van der Waals surface area contributed by atoms with Gasteiger partial charge in [-0.15, -0.1) is 0 Å². The molecule has 1 unspecified atom stereocenters. The lowest BCUT2D eigenvalue weighted by Gasteiger charge is -2.11. The highest BCUT2D eigenvalue weighted by atomic mass is 16.3. The molecule has 0 radical (unpaired) electrons. The Hall–Kier alpha value is -2.66. The van der Waals surface area contributed by atoms with Crippen LogP contribution in [0.25, 0.3) is 11.0 Å². The van der Waals surface area contributed by atoms with Crippen molar-refractivity contribution in [2.75, 3.05) is 5.32 Å². The van der Waals surface area contributed by atoms with E-state index in [1.807, 2.05) is 55.5 Å². The molecule has 0 saturated heterocycles. The fourth-order valence-corrected chi connectivity index (χ4v) is 2.56. The first kappa shape index (κ1) is 15.2. The molecule has 0 bridgehead atoms. The van der Waals surface area contributed by atoms with E-state index in [9.17, 15) is 9.90 Å². The summed E-state index contributed by atoms with van der Waals surface area (Å²) in [4.78, 5) is 16.8. The van der Waals surface area contributed by atoms with Crippen LogP contribution in [0.15, 0.2) is 48.5 Å². The van der Waals surface area contributed by atoms with Gasteiger partial charge in [-0.25, -0.2) is 4.98 Å². The summed E-state index contributed by atoms with van der Waals surface area (Å²) in [6.07, 6.45) is -0.741. The molecule has 2 N–H and O–H groups in total. The quantitative estimate of drug-likeness (QED) is 0.778. The topological polar surface area (TPSA) is 67.2 Å². The van der Waals surface area contributed by atoms with Crippen molar-refractivity contribution in [2.24, 2.45) is 0 Å². The summed E-state index contributed by atoms with van der Waals surface area (Å²) in [5.41, 5.74) is 3.50. The third-order valence-electron chi connectivity index (χ3n) is 3.69. The number of nitrogens with one attached hydrogen (secondary N) is 1. The van der Waals surface area contributed by atoms with Gasteiger partial charge in [0.05, 0.1) is 11.0 Å². The maximum absolute atomic E-state index is 12.3. The number of carbonyl (C=O) groups excluding carboxylic acids is 1. The van der Waals surface area contributed by atoms with Crippen LogP contribution in [0.1, 0.15) is 24.4 Å². The van der Waals surface area contributed by atoms with Crippen molar-refractivity contribution in [3.05, 3.63) is 59.9 Å². The van der Waals surface area contributed by atoms with Gasteiger partial charge in [-0.2, -0.15) is 0 Å². The number of amides is 1. The van der Waals surface area contributed by atoms with E-state index in [4.69, 9.17) is 0 Å². The number of aromatic nitrogens is 2. The number of para-hydroxylation sites is 2. The lowest BCUT2D eigenvalue weighted by molar-refractivity contribution is -0.116. The van der Waals surface area contributed by atoms with Gasteiger partial charge in [0.1, 0.15) is 18.5 Å². The Bertz CT molecular complexity index is 835. The second kappa shape index (κ2) is 6.22. The zero-order valence-corrected chi connectivity index (χ0v) is 13.2. The Labute approximate surface area is 134 Å². The van der Waals surface area contributed by atoms with E-state index in [0.29, 0.717) is 5.82 Å². The number of imidazole rings is 1. The van der Waals surface area contributed by atoms with Crippen LogP contribution >= 0.6 is 0 Å². The van der Waals surface area contributed by atoms with Crippen LogP contribution in [0.5, 0.6) is 0 Å². The van der Waals surface area contributed by atoms with Gasteiger partial charge < -0.3 is 15.0 Å².